The van der Waals surface area contributed by atoms with Crippen LogP contribution in [0.4, 0.5) is 0 Å². The van der Waals surface area contributed by atoms with Gasteiger partial charge in [-0.3, -0.25) is 4.98 Å². The predicted molar refractivity (Wildman–Crippen MR) is 56.0 cm³/mol. The Balaban J connectivity index is 1.90. The van der Waals surface area contributed by atoms with E-state index in [1.807, 2.05) is 11.7 Å². The van der Waals surface area contributed by atoms with Gasteiger partial charge in [0, 0.05) is 17.1 Å². The summed E-state index contributed by atoms with van der Waals surface area (Å²) < 4.78 is 0. The fourth-order valence-corrected chi connectivity index (χ4v) is 2.56. The molecule has 2 rings (SSSR count). The molecule has 0 aromatic carbocycles. The summed E-state index contributed by atoms with van der Waals surface area (Å²) in [5.41, 5.74) is 1.92. The predicted octanol–water partition coefficient (Wildman–Crippen LogP) is 2.07. The van der Waals surface area contributed by atoms with Gasteiger partial charge in [-0.1, -0.05) is 6.42 Å². The molecular weight excluding hydrogens is 180 g/mol. The highest BCUT2D eigenvalue weighted by molar-refractivity contribution is 7.09. The Labute approximate surface area is 83.4 Å². The lowest BCUT2D eigenvalue weighted by Gasteiger charge is -2.33. The first-order chi connectivity index (χ1) is 6.40. The van der Waals surface area contributed by atoms with Crippen LogP contribution in [0.2, 0.25) is 0 Å². The van der Waals surface area contributed by atoms with Crippen molar-refractivity contribution in [3.63, 3.8) is 0 Å². The average Bonchev–Trinajstić information content (AvgIpc) is 2.52. The van der Waals surface area contributed by atoms with Crippen LogP contribution in [-0.2, 0) is 6.42 Å². The molecular formula is C10H16N2S. The zero-order valence-corrected chi connectivity index (χ0v) is 8.81. The standard InChI is InChI=1S/C10H16N2S/c1-11-10(8-3-2-4-8)5-9-6-12-7-13-9/h6-8,10-11H,2-5H2,1H3. The second-order valence-electron chi connectivity index (χ2n) is 3.76. The summed E-state index contributed by atoms with van der Waals surface area (Å²) in [6.07, 6.45) is 7.39. The summed E-state index contributed by atoms with van der Waals surface area (Å²) in [5, 5.41) is 3.42. The summed E-state index contributed by atoms with van der Waals surface area (Å²) in [6, 6.07) is 0.675. The smallest absolute Gasteiger partial charge is 0.0794 e. The molecule has 0 bridgehead atoms. The van der Waals surface area contributed by atoms with Crippen molar-refractivity contribution < 1.29 is 0 Å². The van der Waals surface area contributed by atoms with Crippen molar-refractivity contribution in [3.05, 3.63) is 16.6 Å². The van der Waals surface area contributed by atoms with Crippen LogP contribution in [-0.4, -0.2) is 18.1 Å². The highest BCUT2D eigenvalue weighted by atomic mass is 32.1. The fraction of sp³-hybridized carbons (Fsp3) is 0.700. The molecule has 3 heteroatoms. The maximum absolute atomic E-state index is 4.10. The van der Waals surface area contributed by atoms with Crippen LogP contribution in [0.1, 0.15) is 24.1 Å². The molecule has 2 nitrogen and oxygen atoms in total. The van der Waals surface area contributed by atoms with Gasteiger partial charge >= 0.3 is 0 Å². The molecule has 0 saturated heterocycles. The largest absolute Gasteiger partial charge is 0.316 e. The Kier molecular flexibility index (Phi) is 2.96. The summed E-state index contributed by atoms with van der Waals surface area (Å²) in [4.78, 5) is 5.51. The summed E-state index contributed by atoms with van der Waals surface area (Å²) in [5.74, 6) is 0.909. The Bertz CT molecular complexity index is 241. The first kappa shape index (κ1) is 9.16. The Morgan fingerprint density at radius 1 is 1.69 bits per heavy atom. The van der Waals surface area contributed by atoms with E-state index in [0.29, 0.717) is 6.04 Å². The highest BCUT2D eigenvalue weighted by Gasteiger charge is 2.26. The number of nitrogens with one attached hydrogen (secondary N) is 1. The number of likely N-dealkylation sites (N-methyl/N-ethyl adjacent to an activating group) is 1. The van der Waals surface area contributed by atoms with Crippen molar-refractivity contribution in [2.45, 2.75) is 31.7 Å². The van der Waals surface area contributed by atoms with E-state index < -0.39 is 0 Å². The molecule has 0 radical (unpaired) electrons. The van der Waals surface area contributed by atoms with E-state index in [-0.39, 0.29) is 0 Å². The Hall–Kier alpha value is -0.410. The second kappa shape index (κ2) is 4.20. The minimum Gasteiger partial charge on any atom is -0.316 e. The number of hydrogen-bond acceptors (Lipinski definition) is 3. The van der Waals surface area contributed by atoms with Gasteiger partial charge in [0.15, 0.2) is 0 Å². The Morgan fingerprint density at radius 3 is 3.00 bits per heavy atom. The van der Waals surface area contributed by atoms with Crippen LogP contribution < -0.4 is 5.32 Å². The van der Waals surface area contributed by atoms with Crippen molar-refractivity contribution in [2.24, 2.45) is 5.92 Å². The molecule has 0 amide bonds. The van der Waals surface area contributed by atoms with Gasteiger partial charge in [0.05, 0.1) is 5.51 Å². The van der Waals surface area contributed by atoms with Crippen LogP contribution in [0.5, 0.6) is 0 Å². The van der Waals surface area contributed by atoms with Crippen molar-refractivity contribution >= 4 is 11.3 Å². The highest BCUT2D eigenvalue weighted by Crippen LogP contribution is 2.31. The quantitative estimate of drug-likeness (QED) is 0.797. The second-order valence-corrected chi connectivity index (χ2v) is 4.73. The average molecular weight is 196 g/mol. The molecule has 1 heterocycles. The monoisotopic (exact) mass is 196 g/mol. The van der Waals surface area contributed by atoms with Gasteiger partial charge in [-0.05, 0) is 32.2 Å². The summed E-state index contributed by atoms with van der Waals surface area (Å²) in [6.45, 7) is 0. The van der Waals surface area contributed by atoms with E-state index in [1.54, 1.807) is 11.3 Å². The molecule has 1 atom stereocenters. The molecule has 0 aliphatic heterocycles. The Morgan fingerprint density at radius 2 is 2.54 bits per heavy atom. The first-order valence-electron chi connectivity index (χ1n) is 4.95. The number of rotatable bonds is 4. The van der Waals surface area contributed by atoms with Crippen molar-refractivity contribution in [2.75, 3.05) is 7.05 Å². The molecule has 1 aliphatic rings. The van der Waals surface area contributed by atoms with Crippen molar-refractivity contribution in [1.82, 2.24) is 10.3 Å². The van der Waals surface area contributed by atoms with E-state index in [9.17, 15) is 0 Å². The van der Waals surface area contributed by atoms with Gasteiger partial charge in [0.1, 0.15) is 0 Å². The van der Waals surface area contributed by atoms with Gasteiger partial charge in [-0.2, -0.15) is 0 Å². The number of nitrogens with zero attached hydrogens (tertiary/aromatic N) is 1. The molecule has 1 aromatic rings. The normalized spacial score (nSPS) is 19.8. The van der Waals surface area contributed by atoms with E-state index in [2.05, 4.69) is 17.3 Å². The topological polar surface area (TPSA) is 24.9 Å². The van der Waals surface area contributed by atoms with E-state index in [1.165, 1.54) is 24.1 Å². The summed E-state index contributed by atoms with van der Waals surface area (Å²) in [7, 11) is 2.07. The molecule has 1 aromatic heterocycles. The van der Waals surface area contributed by atoms with Crippen LogP contribution in [0.3, 0.4) is 0 Å². The third kappa shape index (κ3) is 2.09. The molecule has 1 aliphatic carbocycles. The molecule has 1 unspecified atom stereocenters. The van der Waals surface area contributed by atoms with Gasteiger partial charge < -0.3 is 5.32 Å². The SMILES string of the molecule is CNC(Cc1cncs1)C1CCC1. The maximum atomic E-state index is 4.10. The van der Waals surface area contributed by atoms with Crippen LogP contribution in [0.15, 0.2) is 11.7 Å². The molecule has 1 saturated carbocycles. The number of hydrogen-bond donors (Lipinski definition) is 1. The minimum atomic E-state index is 0.675. The molecule has 13 heavy (non-hydrogen) atoms. The maximum Gasteiger partial charge on any atom is 0.0794 e. The molecule has 1 fully saturated rings. The zero-order chi connectivity index (χ0) is 9.10. The molecule has 0 spiro atoms. The van der Waals surface area contributed by atoms with E-state index in [4.69, 9.17) is 0 Å². The third-order valence-electron chi connectivity index (χ3n) is 2.99. The molecule has 72 valence electrons. The third-order valence-corrected chi connectivity index (χ3v) is 3.80. The lowest BCUT2D eigenvalue weighted by Crippen LogP contribution is -2.38. The van der Waals surface area contributed by atoms with Crippen LogP contribution in [0.25, 0.3) is 0 Å². The van der Waals surface area contributed by atoms with Gasteiger partial charge in [0.25, 0.3) is 0 Å². The number of aromatic nitrogens is 1. The zero-order valence-electron chi connectivity index (χ0n) is 7.99. The summed E-state index contributed by atoms with van der Waals surface area (Å²) >= 11 is 1.77. The van der Waals surface area contributed by atoms with Crippen LogP contribution in [0, 0.1) is 5.92 Å². The first-order valence-corrected chi connectivity index (χ1v) is 5.82. The van der Waals surface area contributed by atoms with Crippen LogP contribution >= 0.6 is 11.3 Å². The molecule has 1 N–H and O–H groups in total. The fourth-order valence-electron chi connectivity index (χ4n) is 1.91. The van der Waals surface area contributed by atoms with Gasteiger partial charge in [-0.25, -0.2) is 0 Å². The van der Waals surface area contributed by atoms with Gasteiger partial charge in [0.2, 0.25) is 0 Å². The van der Waals surface area contributed by atoms with Crippen molar-refractivity contribution in [3.8, 4) is 0 Å². The lowest BCUT2D eigenvalue weighted by atomic mass is 9.78. The minimum absolute atomic E-state index is 0.675. The number of thiazole rings is 1. The lowest BCUT2D eigenvalue weighted by molar-refractivity contribution is 0.236. The van der Waals surface area contributed by atoms with Crippen molar-refractivity contribution in [1.29, 1.82) is 0 Å². The van der Waals surface area contributed by atoms with E-state index >= 15 is 0 Å². The van der Waals surface area contributed by atoms with Gasteiger partial charge in [-0.15, -0.1) is 11.3 Å². The van der Waals surface area contributed by atoms with E-state index in [0.717, 1.165) is 12.3 Å².